The first kappa shape index (κ1) is 31.0. The van der Waals surface area contributed by atoms with Gasteiger partial charge in [0.05, 0.1) is 20.5 Å². The molecular formula is C9H12N3Na3O10P2. The van der Waals surface area contributed by atoms with Crippen molar-refractivity contribution in [2.45, 2.75) is 24.9 Å². The Bertz CT molecular complexity index is 761. The minimum absolute atomic E-state index is 0. The molecule has 4 atom stereocenters. The van der Waals surface area contributed by atoms with E-state index in [1.54, 1.807) is 0 Å². The second-order valence-corrected chi connectivity index (χ2v) is 7.45. The summed E-state index contributed by atoms with van der Waals surface area (Å²) in [6.07, 6.45) is -2.23. The summed E-state index contributed by atoms with van der Waals surface area (Å²) in [5, 5.41) is 9.82. The molecule has 0 aromatic carbocycles. The van der Waals surface area contributed by atoms with Gasteiger partial charge >= 0.3 is 94.4 Å². The number of nitrogens with zero attached hydrogens (tertiary/aromatic N) is 2. The van der Waals surface area contributed by atoms with Gasteiger partial charge in [-0.3, -0.25) is 13.4 Å². The Labute approximate surface area is 219 Å². The quantitative estimate of drug-likeness (QED) is 0.304. The van der Waals surface area contributed by atoms with Crippen LogP contribution in [-0.4, -0.2) is 33.5 Å². The molecule has 0 amide bonds. The minimum atomic E-state index is -5.80. The van der Waals surface area contributed by atoms with E-state index < -0.39 is 46.4 Å². The van der Waals surface area contributed by atoms with Crippen molar-refractivity contribution in [1.82, 2.24) is 9.55 Å². The number of nitrogens with two attached hydrogens (primary N) is 1. The van der Waals surface area contributed by atoms with E-state index in [1.165, 1.54) is 12.3 Å². The van der Waals surface area contributed by atoms with Crippen LogP contribution in [0.1, 0.15) is 12.6 Å². The van der Waals surface area contributed by atoms with E-state index in [2.05, 4.69) is 13.8 Å². The Morgan fingerprint density at radius 1 is 1.33 bits per heavy atom. The fourth-order valence-electron chi connectivity index (χ4n) is 1.99. The average molecular weight is 453 g/mol. The number of hydrogen-bond donors (Lipinski definition) is 2. The minimum Gasteiger partial charge on any atom is -0.790 e. The topological polar surface area (TPSA) is 212 Å². The summed E-state index contributed by atoms with van der Waals surface area (Å²) in [5.74, 6) is -0.0150. The number of aliphatic hydroxyl groups is 1. The molecule has 27 heavy (non-hydrogen) atoms. The van der Waals surface area contributed by atoms with Crippen LogP contribution in [0.25, 0.3) is 0 Å². The fourth-order valence-corrected chi connectivity index (χ4v) is 3.49. The second-order valence-electron chi connectivity index (χ2n) is 4.75. The molecule has 1 aliphatic rings. The molecule has 2 heterocycles. The van der Waals surface area contributed by atoms with Gasteiger partial charge in [0, 0.05) is 12.6 Å². The van der Waals surface area contributed by atoms with Gasteiger partial charge in [0.25, 0.3) is 7.82 Å². The normalized spacial score (nSPS) is 24.1. The predicted molar refractivity (Wildman–Crippen MR) is 69.7 cm³/mol. The van der Waals surface area contributed by atoms with Crippen LogP contribution >= 0.6 is 15.6 Å². The van der Waals surface area contributed by atoms with E-state index in [0.29, 0.717) is 0 Å². The molecule has 3 N–H and O–H groups in total. The first-order chi connectivity index (χ1) is 11.0. The summed E-state index contributed by atoms with van der Waals surface area (Å²) in [5.41, 5.74) is 4.59. The molecule has 1 aliphatic heterocycles. The molecule has 136 valence electrons. The van der Waals surface area contributed by atoms with Crippen molar-refractivity contribution in [2.75, 3.05) is 12.3 Å². The standard InChI is InChI=1S/C9H15N3O10P2.3Na/c10-7-1-2-12(9(14)11-7)8-3-5(13)6(21-8)4-20-24(18,19)22-23(15,16)17;;;/h1-2,5-6,8,13H,3-4H2,(H,18,19)(H2,10,11,14)(H2,15,16,17);;;/q;3*+1/p-3/t5-,6+,8+;;;/m1.../s1. The average Bonchev–Trinajstić information content (AvgIpc) is 2.75. The molecule has 1 aromatic heterocycles. The van der Waals surface area contributed by atoms with Crippen LogP contribution in [0.5, 0.6) is 0 Å². The number of rotatable bonds is 6. The van der Waals surface area contributed by atoms with Gasteiger partial charge in [-0.25, -0.2) is 4.79 Å². The Hall–Kier alpha value is 1.86. The number of phosphoric ester groups is 1. The van der Waals surface area contributed by atoms with Crippen LogP contribution in [0.4, 0.5) is 5.82 Å². The maximum absolute atomic E-state index is 11.7. The number of hydrogen-bond acceptors (Lipinski definition) is 12. The number of ether oxygens (including phenoxy) is 1. The van der Waals surface area contributed by atoms with E-state index in [0.717, 1.165) is 4.57 Å². The molecule has 1 saturated heterocycles. The molecule has 0 radical (unpaired) electrons. The monoisotopic (exact) mass is 453 g/mol. The summed E-state index contributed by atoms with van der Waals surface area (Å²) in [6.45, 7) is -0.824. The van der Waals surface area contributed by atoms with Crippen molar-refractivity contribution in [2.24, 2.45) is 0 Å². The molecular weight excluding hydrogens is 441 g/mol. The van der Waals surface area contributed by atoms with Gasteiger partial charge in [0.1, 0.15) is 18.1 Å². The summed E-state index contributed by atoms with van der Waals surface area (Å²) in [7, 11) is -11.2. The third-order valence-electron chi connectivity index (χ3n) is 2.96. The largest absolute Gasteiger partial charge is 1.00 e. The van der Waals surface area contributed by atoms with Crippen LogP contribution in [0.3, 0.4) is 0 Å². The zero-order valence-electron chi connectivity index (χ0n) is 14.8. The van der Waals surface area contributed by atoms with Gasteiger partial charge in [0.2, 0.25) is 0 Å². The van der Waals surface area contributed by atoms with E-state index >= 15 is 0 Å². The Morgan fingerprint density at radius 2 is 1.93 bits per heavy atom. The van der Waals surface area contributed by atoms with E-state index in [9.17, 15) is 33.7 Å². The molecule has 0 aliphatic carbocycles. The third kappa shape index (κ3) is 10.1. The molecule has 2 rings (SSSR count). The number of aromatic nitrogens is 2. The van der Waals surface area contributed by atoms with Gasteiger partial charge in [0.15, 0.2) is 0 Å². The van der Waals surface area contributed by atoms with Gasteiger partial charge in [-0.05, 0) is 6.07 Å². The number of anilines is 1. The smallest absolute Gasteiger partial charge is 0.790 e. The molecule has 1 aromatic rings. The van der Waals surface area contributed by atoms with Crippen molar-refractivity contribution in [3.05, 3.63) is 22.7 Å². The third-order valence-corrected chi connectivity index (χ3v) is 5.03. The fraction of sp³-hybridized carbons (Fsp3) is 0.556. The number of phosphoric acid groups is 2. The first-order valence-electron chi connectivity index (χ1n) is 6.34. The van der Waals surface area contributed by atoms with Crippen molar-refractivity contribution < 1.29 is 131 Å². The Morgan fingerprint density at radius 3 is 2.44 bits per heavy atom. The second kappa shape index (κ2) is 12.7. The Balaban J connectivity index is 0. The maximum atomic E-state index is 11.7. The van der Waals surface area contributed by atoms with E-state index in [-0.39, 0.29) is 101 Å². The van der Waals surface area contributed by atoms with Crippen LogP contribution in [-0.2, 0) is 22.7 Å². The zero-order chi connectivity index (χ0) is 18.1. The summed E-state index contributed by atoms with van der Waals surface area (Å²) < 4.78 is 35.2. The molecule has 18 heteroatoms. The van der Waals surface area contributed by atoms with Gasteiger partial charge in [-0.1, -0.05) is 0 Å². The SMILES string of the molecule is Nc1ccn([C@@H]2C[C@@H](O)[C@H](COP(=O)([O-])OP(=O)([O-])[O-])O2)c(=O)n1.[Na+].[Na+].[Na+]. The number of nitrogen functional groups attached to an aromatic ring is 1. The molecule has 1 fully saturated rings. The van der Waals surface area contributed by atoms with Crippen LogP contribution in [0.2, 0.25) is 0 Å². The Kier molecular flexibility index (Phi) is 14.5. The molecule has 0 saturated carbocycles. The maximum Gasteiger partial charge on any atom is 1.00 e. The van der Waals surface area contributed by atoms with Crippen molar-refractivity contribution in [1.29, 1.82) is 0 Å². The van der Waals surface area contributed by atoms with E-state index in [1.807, 2.05) is 0 Å². The zero-order valence-corrected chi connectivity index (χ0v) is 22.6. The number of aliphatic hydroxyl groups excluding tert-OH is 1. The van der Waals surface area contributed by atoms with Crippen molar-refractivity contribution in [3.63, 3.8) is 0 Å². The molecule has 0 spiro atoms. The van der Waals surface area contributed by atoms with Crippen LogP contribution in [0, 0.1) is 0 Å². The predicted octanol–water partition coefficient (Wildman–Crippen LogP) is -12.2. The van der Waals surface area contributed by atoms with Crippen LogP contribution in [0.15, 0.2) is 17.1 Å². The molecule has 1 unspecified atom stereocenters. The summed E-state index contributed by atoms with van der Waals surface area (Å²) in [6, 6.07) is 1.32. The van der Waals surface area contributed by atoms with Gasteiger partial charge in [-0.2, -0.15) is 4.98 Å². The molecule has 13 nitrogen and oxygen atoms in total. The first-order valence-corrected chi connectivity index (χ1v) is 9.26. The summed E-state index contributed by atoms with van der Waals surface area (Å²) >= 11 is 0. The van der Waals surface area contributed by atoms with E-state index in [4.69, 9.17) is 10.5 Å². The van der Waals surface area contributed by atoms with Crippen molar-refractivity contribution in [3.8, 4) is 0 Å². The van der Waals surface area contributed by atoms with Gasteiger partial charge < -0.3 is 39.3 Å². The van der Waals surface area contributed by atoms with Crippen LogP contribution < -0.4 is 115 Å². The summed E-state index contributed by atoms with van der Waals surface area (Å²) in [4.78, 5) is 46.8. The molecule has 0 bridgehead atoms. The van der Waals surface area contributed by atoms with Gasteiger partial charge in [-0.15, -0.1) is 0 Å². The van der Waals surface area contributed by atoms with Crippen molar-refractivity contribution >= 4 is 21.5 Å².